The first-order valence-electron chi connectivity index (χ1n) is 8.38. The van der Waals surface area contributed by atoms with E-state index in [0.29, 0.717) is 28.1 Å². The Balaban J connectivity index is 1.93. The molecule has 3 rings (SSSR count). The predicted molar refractivity (Wildman–Crippen MR) is 102 cm³/mol. The number of hydrogen-bond donors (Lipinski definition) is 1. The molecule has 0 radical (unpaired) electrons. The minimum atomic E-state index is -4.81. The molecule has 2 heterocycles. The van der Waals surface area contributed by atoms with Gasteiger partial charge in [0.05, 0.1) is 22.6 Å². The molecule has 1 N–H and O–H groups in total. The van der Waals surface area contributed by atoms with Crippen LogP contribution in [0.5, 0.6) is 5.75 Å². The van der Waals surface area contributed by atoms with Gasteiger partial charge in [-0.2, -0.15) is 0 Å². The summed E-state index contributed by atoms with van der Waals surface area (Å²) in [6.45, 7) is 1.70. The van der Waals surface area contributed by atoms with Crippen LogP contribution < -0.4 is 10.1 Å². The molecule has 1 aromatic carbocycles. The van der Waals surface area contributed by atoms with Crippen molar-refractivity contribution in [2.45, 2.75) is 19.8 Å². The van der Waals surface area contributed by atoms with Crippen molar-refractivity contribution in [1.29, 1.82) is 0 Å². The Kier molecular flexibility index (Phi) is 5.56. The van der Waals surface area contributed by atoms with E-state index in [1.54, 1.807) is 31.7 Å². The molecule has 0 saturated carbocycles. The first-order chi connectivity index (χ1) is 13.5. The summed E-state index contributed by atoms with van der Waals surface area (Å²) in [7, 11) is 3.32. The van der Waals surface area contributed by atoms with E-state index in [4.69, 9.17) is 11.6 Å². The maximum atomic E-state index is 12.4. The lowest BCUT2D eigenvalue weighted by Gasteiger charge is -2.15. The van der Waals surface area contributed by atoms with Crippen molar-refractivity contribution >= 4 is 40.0 Å². The molecule has 0 aliphatic carbocycles. The molecule has 0 aliphatic heterocycles. The van der Waals surface area contributed by atoms with Crippen molar-refractivity contribution in [1.82, 2.24) is 19.4 Å². The molecule has 2 aromatic heterocycles. The van der Waals surface area contributed by atoms with Gasteiger partial charge in [0.2, 0.25) is 5.91 Å². The molecule has 0 bridgehead atoms. The number of fused-ring (bicyclic) bond motifs is 1. The van der Waals surface area contributed by atoms with Gasteiger partial charge in [0, 0.05) is 26.4 Å². The van der Waals surface area contributed by atoms with Gasteiger partial charge < -0.3 is 19.5 Å². The third kappa shape index (κ3) is 4.70. The van der Waals surface area contributed by atoms with Crippen LogP contribution in [-0.2, 0) is 11.3 Å². The lowest BCUT2D eigenvalue weighted by atomic mass is 10.2. The molecule has 29 heavy (non-hydrogen) atoms. The van der Waals surface area contributed by atoms with E-state index in [0.717, 1.165) is 6.07 Å². The minimum absolute atomic E-state index is 0.0327. The van der Waals surface area contributed by atoms with Crippen LogP contribution in [0.2, 0.25) is 5.02 Å². The molecular formula is C18H17ClF3N5O2. The number of likely N-dealkylation sites (N-methyl/N-ethyl adjacent to an activating group) is 1. The van der Waals surface area contributed by atoms with Crippen LogP contribution in [0.4, 0.5) is 24.7 Å². The summed E-state index contributed by atoms with van der Waals surface area (Å²) in [4.78, 5) is 22.0. The molecule has 0 unspecified atom stereocenters. The monoisotopic (exact) mass is 427 g/mol. The lowest BCUT2D eigenvalue weighted by Crippen LogP contribution is -2.25. The molecule has 11 heteroatoms. The number of alkyl halides is 3. The van der Waals surface area contributed by atoms with Crippen molar-refractivity contribution in [2.75, 3.05) is 19.4 Å². The van der Waals surface area contributed by atoms with E-state index in [1.807, 2.05) is 0 Å². The molecule has 1 amide bonds. The summed E-state index contributed by atoms with van der Waals surface area (Å²) in [5.74, 6) is -0.161. The van der Waals surface area contributed by atoms with Crippen LogP contribution in [-0.4, -0.2) is 45.8 Å². The second-order valence-corrected chi connectivity index (χ2v) is 6.86. The number of amides is 1. The van der Waals surface area contributed by atoms with E-state index in [9.17, 15) is 18.0 Å². The van der Waals surface area contributed by atoms with Gasteiger partial charge in [-0.15, -0.1) is 13.2 Å². The van der Waals surface area contributed by atoms with Crippen molar-refractivity contribution in [2.24, 2.45) is 0 Å². The van der Waals surface area contributed by atoms with Crippen LogP contribution in [0.15, 0.2) is 30.7 Å². The second-order valence-electron chi connectivity index (χ2n) is 6.46. The highest BCUT2D eigenvalue weighted by Gasteiger charge is 2.31. The van der Waals surface area contributed by atoms with Gasteiger partial charge in [-0.25, -0.2) is 9.97 Å². The van der Waals surface area contributed by atoms with Crippen LogP contribution in [0.1, 0.15) is 5.56 Å². The van der Waals surface area contributed by atoms with Crippen molar-refractivity contribution in [3.8, 4) is 5.75 Å². The Morgan fingerprint density at radius 3 is 2.66 bits per heavy atom. The fourth-order valence-electron chi connectivity index (χ4n) is 2.68. The topological polar surface area (TPSA) is 72.3 Å². The summed E-state index contributed by atoms with van der Waals surface area (Å²) in [5, 5.41) is 3.04. The van der Waals surface area contributed by atoms with Crippen LogP contribution >= 0.6 is 11.6 Å². The maximum Gasteiger partial charge on any atom is 0.573 e. The first kappa shape index (κ1) is 20.7. The van der Waals surface area contributed by atoms with Gasteiger partial charge in [0.15, 0.2) is 5.82 Å². The van der Waals surface area contributed by atoms with E-state index < -0.39 is 12.1 Å². The third-order valence-corrected chi connectivity index (χ3v) is 4.38. The number of benzene rings is 1. The van der Waals surface area contributed by atoms with Gasteiger partial charge in [-0.1, -0.05) is 11.6 Å². The number of ether oxygens (including phenoxy) is 1. The van der Waals surface area contributed by atoms with Crippen molar-refractivity contribution in [3.63, 3.8) is 0 Å². The molecule has 0 saturated heterocycles. The number of aryl methyl sites for hydroxylation is 1. The van der Waals surface area contributed by atoms with Crippen molar-refractivity contribution in [3.05, 3.63) is 41.3 Å². The average molecular weight is 428 g/mol. The molecule has 0 fully saturated rings. The zero-order valence-corrected chi connectivity index (χ0v) is 16.5. The van der Waals surface area contributed by atoms with Crippen LogP contribution in [0.25, 0.3) is 11.0 Å². The number of carbonyl (C=O) groups is 1. The highest BCUT2D eigenvalue weighted by Crippen LogP contribution is 2.35. The smallest absolute Gasteiger partial charge is 0.406 e. The highest BCUT2D eigenvalue weighted by molar-refractivity contribution is 6.33. The number of pyridine rings is 1. The highest BCUT2D eigenvalue weighted by atomic mass is 35.5. The van der Waals surface area contributed by atoms with Crippen molar-refractivity contribution < 1.29 is 22.7 Å². The fraction of sp³-hybridized carbons (Fsp3) is 0.278. The van der Waals surface area contributed by atoms with Gasteiger partial charge in [-0.3, -0.25) is 4.79 Å². The number of halogens is 4. The largest absolute Gasteiger partial charge is 0.573 e. The average Bonchev–Trinajstić information content (AvgIpc) is 3.00. The molecule has 0 atom stereocenters. The summed E-state index contributed by atoms with van der Waals surface area (Å²) in [6, 6.07) is 4.00. The zero-order valence-electron chi connectivity index (χ0n) is 15.7. The number of imidazole rings is 1. The van der Waals surface area contributed by atoms with E-state index >= 15 is 0 Å². The Labute approximate surface area is 169 Å². The number of anilines is 2. The normalized spacial score (nSPS) is 11.6. The Hall–Kier alpha value is -3.01. The molecule has 7 nitrogen and oxygen atoms in total. The van der Waals surface area contributed by atoms with Crippen LogP contribution in [0.3, 0.4) is 0 Å². The number of nitrogens with zero attached hydrogens (tertiary/aromatic N) is 4. The lowest BCUT2D eigenvalue weighted by molar-refractivity contribution is -0.274. The number of hydrogen-bond acceptors (Lipinski definition) is 5. The number of rotatable bonds is 5. The number of carbonyl (C=O) groups excluding carboxylic acids is 1. The van der Waals surface area contributed by atoms with Gasteiger partial charge in [0.25, 0.3) is 0 Å². The van der Waals surface area contributed by atoms with E-state index in [2.05, 4.69) is 20.0 Å². The molecule has 154 valence electrons. The standard InChI is InChI=1S/C18H17ClF3N5O2/c1-10-6-11(29-18(20,21)22)7-12(19)15(10)25-17-16-13(4-5-23-17)27(9-24-16)8-14(28)26(2)3/h4-7,9H,8H2,1-3H3,(H,23,25). The number of aromatic nitrogens is 3. The second kappa shape index (κ2) is 7.78. The van der Waals surface area contributed by atoms with Crippen LogP contribution in [0, 0.1) is 6.92 Å². The van der Waals surface area contributed by atoms with E-state index in [-0.39, 0.29) is 17.5 Å². The summed E-state index contributed by atoms with van der Waals surface area (Å²) < 4.78 is 42.9. The number of nitrogens with one attached hydrogen (secondary N) is 1. The Morgan fingerprint density at radius 1 is 1.31 bits per heavy atom. The summed E-state index contributed by atoms with van der Waals surface area (Å²) >= 11 is 6.16. The molecule has 3 aromatic rings. The first-order valence-corrected chi connectivity index (χ1v) is 8.76. The maximum absolute atomic E-state index is 12.4. The van der Waals surface area contributed by atoms with E-state index in [1.165, 1.54) is 23.5 Å². The Bertz CT molecular complexity index is 1040. The molecular weight excluding hydrogens is 411 g/mol. The molecule has 0 spiro atoms. The summed E-state index contributed by atoms with van der Waals surface area (Å²) in [5.41, 5.74) is 1.96. The van der Waals surface area contributed by atoms with Gasteiger partial charge in [-0.05, 0) is 24.6 Å². The van der Waals surface area contributed by atoms with Gasteiger partial charge in [0.1, 0.15) is 17.8 Å². The molecule has 0 aliphatic rings. The van der Waals surface area contributed by atoms with Gasteiger partial charge >= 0.3 is 6.36 Å². The SMILES string of the molecule is Cc1cc(OC(F)(F)F)cc(Cl)c1Nc1nccc2c1ncn2CC(=O)N(C)C. The minimum Gasteiger partial charge on any atom is -0.406 e. The quantitative estimate of drug-likeness (QED) is 0.663. The third-order valence-electron chi connectivity index (χ3n) is 4.08. The predicted octanol–water partition coefficient (Wildman–Crippen LogP) is 4.12. The fourth-order valence-corrected chi connectivity index (χ4v) is 2.98. The summed E-state index contributed by atoms with van der Waals surface area (Å²) in [6.07, 6.45) is -1.75. The Morgan fingerprint density at radius 2 is 2.03 bits per heavy atom. The zero-order chi connectivity index (χ0) is 21.3.